The Balaban J connectivity index is 1.59. The Morgan fingerprint density at radius 2 is 1.73 bits per heavy atom. The van der Waals surface area contributed by atoms with E-state index in [1.54, 1.807) is 12.1 Å². The molecule has 0 aliphatic carbocycles. The van der Waals surface area contributed by atoms with Gasteiger partial charge in [-0.15, -0.1) is 0 Å². The van der Waals surface area contributed by atoms with Crippen molar-refractivity contribution in [1.29, 1.82) is 0 Å². The molecule has 0 unspecified atom stereocenters. The predicted molar refractivity (Wildman–Crippen MR) is 113 cm³/mol. The van der Waals surface area contributed by atoms with Crippen LogP contribution in [-0.2, 0) is 4.79 Å². The molecule has 1 aliphatic rings. The highest BCUT2D eigenvalue weighted by molar-refractivity contribution is 8.27. The molecule has 1 aliphatic heterocycles. The lowest BCUT2D eigenvalue weighted by Crippen LogP contribution is -2.27. The molecule has 1 saturated heterocycles. The van der Waals surface area contributed by atoms with E-state index in [1.165, 1.54) is 35.2 Å². The number of carbonyl (C=O) groups excluding carboxylic acids is 1. The quantitative estimate of drug-likeness (QED) is 0.434. The number of carboxylic acid groups (broad SMARTS) is 1. The maximum atomic E-state index is 13.4. The van der Waals surface area contributed by atoms with E-state index >= 15 is 0 Å². The summed E-state index contributed by atoms with van der Waals surface area (Å²) in [6.07, 6.45) is 1.49. The van der Waals surface area contributed by atoms with Crippen LogP contribution in [0, 0.1) is 11.6 Å². The Bertz CT molecular complexity index is 1200. The summed E-state index contributed by atoms with van der Waals surface area (Å²) in [6, 6.07) is 12.0. The van der Waals surface area contributed by atoms with Crippen LogP contribution in [0.25, 0.3) is 17.4 Å². The molecule has 0 bridgehead atoms. The van der Waals surface area contributed by atoms with Crippen molar-refractivity contribution in [2.24, 2.45) is 0 Å². The summed E-state index contributed by atoms with van der Waals surface area (Å²) in [5, 5.41) is 8.99. The Kier molecular flexibility index (Phi) is 5.23. The molecule has 0 radical (unpaired) electrons. The first kappa shape index (κ1) is 20.0. The molecule has 30 heavy (non-hydrogen) atoms. The summed E-state index contributed by atoms with van der Waals surface area (Å²) in [7, 11) is 0. The average Bonchev–Trinajstić information content (AvgIpc) is 3.26. The van der Waals surface area contributed by atoms with Crippen molar-refractivity contribution in [3.8, 4) is 11.3 Å². The molecule has 5 nitrogen and oxygen atoms in total. The first-order valence-corrected chi connectivity index (χ1v) is 9.72. The molecule has 0 saturated carbocycles. The number of rotatable bonds is 4. The molecule has 150 valence electrons. The van der Waals surface area contributed by atoms with Crippen LogP contribution in [0.3, 0.4) is 0 Å². The standard InChI is InChI=1S/C21H11F2NO4S2/c22-13-7-12(8-14(23)9-13)17-6-5-16(28-17)10-18-19(25)24(21(29)30-18)15-3-1-11(2-4-15)20(26)27/h1-10H,(H,26,27)/b18-10-. The fourth-order valence-corrected chi connectivity index (χ4v) is 4.13. The number of anilines is 1. The molecule has 1 amide bonds. The molecule has 9 heteroatoms. The van der Waals surface area contributed by atoms with Gasteiger partial charge in [-0.1, -0.05) is 24.0 Å². The minimum atomic E-state index is -1.07. The number of carbonyl (C=O) groups is 2. The lowest BCUT2D eigenvalue weighted by atomic mass is 10.1. The zero-order valence-corrected chi connectivity index (χ0v) is 16.6. The second-order valence-electron chi connectivity index (χ2n) is 6.23. The van der Waals surface area contributed by atoms with Crippen LogP contribution >= 0.6 is 24.0 Å². The van der Waals surface area contributed by atoms with Gasteiger partial charge >= 0.3 is 5.97 Å². The van der Waals surface area contributed by atoms with Gasteiger partial charge in [-0.05, 0) is 48.5 Å². The molecular weight excluding hydrogens is 432 g/mol. The van der Waals surface area contributed by atoms with Gasteiger partial charge in [0, 0.05) is 17.7 Å². The van der Waals surface area contributed by atoms with Crippen LogP contribution in [-0.4, -0.2) is 21.3 Å². The van der Waals surface area contributed by atoms with Crippen LogP contribution in [0.15, 0.2) is 63.9 Å². The number of nitrogens with zero attached hydrogens (tertiary/aromatic N) is 1. The highest BCUT2D eigenvalue weighted by atomic mass is 32.2. The lowest BCUT2D eigenvalue weighted by Gasteiger charge is -2.14. The maximum absolute atomic E-state index is 13.4. The van der Waals surface area contributed by atoms with Crippen molar-refractivity contribution < 1.29 is 27.9 Å². The third kappa shape index (κ3) is 3.89. The Morgan fingerprint density at radius 3 is 2.37 bits per heavy atom. The second-order valence-corrected chi connectivity index (χ2v) is 7.91. The van der Waals surface area contributed by atoms with Gasteiger partial charge in [-0.2, -0.15) is 0 Å². The Morgan fingerprint density at radius 1 is 1.07 bits per heavy atom. The van der Waals surface area contributed by atoms with Crippen molar-refractivity contribution in [3.05, 3.63) is 82.5 Å². The molecule has 2 heterocycles. The number of benzene rings is 2. The number of hydrogen-bond donors (Lipinski definition) is 1. The highest BCUT2D eigenvalue weighted by Crippen LogP contribution is 2.36. The van der Waals surface area contributed by atoms with Gasteiger partial charge in [0.2, 0.25) is 0 Å². The number of carboxylic acids is 1. The Labute approximate surface area is 178 Å². The van der Waals surface area contributed by atoms with Crippen molar-refractivity contribution in [2.45, 2.75) is 0 Å². The molecule has 0 spiro atoms. The fourth-order valence-electron chi connectivity index (χ4n) is 2.85. The summed E-state index contributed by atoms with van der Waals surface area (Å²) in [4.78, 5) is 25.4. The average molecular weight is 443 g/mol. The normalized spacial score (nSPS) is 15.3. The van der Waals surface area contributed by atoms with Gasteiger partial charge in [-0.3, -0.25) is 9.69 Å². The topological polar surface area (TPSA) is 70.8 Å². The van der Waals surface area contributed by atoms with Gasteiger partial charge < -0.3 is 9.52 Å². The monoisotopic (exact) mass is 443 g/mol. The molecular formula is C21H11F2NO4S2. The van der Waals surface area contributed by atoms with E-state index in [4.69, 9.17) is 21.7 Å². The molecule has 4 rings (SSSR count). The zero-order chi connectivity index (χ0) is 21.4. The highest BCUT2D eigenvalue weighted by Gasteiger charge is 2.33. The molecule has 1 fully saturated rings. The molecule has 1 aromatic heterocycles. The SMILES string of the molecule is O=C(O)c1ccc(N2C(=O)/C(=C/c3ccc(-c4cc(F)cc(F)c4)o3)SC2=S)cc1. The van der Waals surface area contributed by atoms with E-state index < -0.39 is 17.6 Å². The van der Waals surface area contributed by atoms with Gasteiger partial charge in [0.15, 0.2) is 4.32 Å². The Hall–Kier alpha value is -3.30. The largest absolute Gasteiger partial charge is 0.478 e. The third-order valence-corrected chi connectivity index (χ3v) is 5.52. The van der Waals surface area contributed by atoms with Gasteiger partial charge in [0.25, 0.3) is 5.91 Å². The first-order valence-electron chi connectivity index (χ1n) is 8.49. The van der Waals surface area contributed by atoms with E-state index in [2.05, 4.69) is 0 Å². The van der Waals surface area contributed by atoms with E-state index in [-0.39, 0.29) is 27.1 Å². The first-order chi connectivity index (χ1) is 14.3. The molecule has 2 aromatic carbocycles. The smallest absolute Gasteiger partial charge is 0.335 e. The number of halogens is 2. The third-order valence-electron chi connectivity index (χ3n) is 4.21. The van der Waals surface area contributed by atoms with Crippen molar-refractivity contribution >= 4 is 51.9 Å². The van der Waals surface area contributed by atoms with Crippen molar-refractivity contribution in [1.82, 2.24) is 0 Å². The van der Waals surface area contributed by atoms with Gasteiger partial charge in [0.05, 0.1) is 16.2 Å². The number of thiocarbonyl (C=S) groups is 1. The van der Waals surface area contributed by atoms with Gasteiger partial charge in [-0.25, -0.2) is 13.6 Å². The fraction of sp³-hybridized carbons (Fsp3) is 0. The van der Waals surface area contributed by atoms with Crippen molar-refractivity contribution in [2.75, 3.05) is 4.90 Å². The van der Waals surface area contributed by atoms with Crippen molar-refractivity contribution in [3.63, 3.8) is 0 Å². The second kappa shape index (κ2) is 7.85. The number of furan rings is 1. The van der Waals surface area contributed by atoms with Crippen LogP contribution in [0.5, 0.6) is 0 Å². The summed E-state index contributed by atoms with van der Waals surface area (Å²) in [6.45, 7) is 0. The van der Waals surface area contributed by atoms with Gasteiger partial charge in [0.1, 0.15) is 23.2 Å². The predicted octanol–water partition coefficient (Wildman–Crippen LogP) is 5.33. The van der Waals surface area contributed by atoms with E-state index in [1.807, 2.05) is 0 Å². The number of amides is 1. The van der Waals surface area contributed by atoms with Crippen LogP contribution < -0.4 is 4.90 Å². The number of hydrogen-bond acceptors (Lipinski definition) is 5. The summed E-state index contributed by atoms with van der Waals surface area (Å²) >= 11 is 6.35. The molecule has 3 aromatic rings. The minimum absolute atomic E-state index is 0.0941. The number of thioether (sulfide) groups is 1. The number of aromatic carboxylic acids is 1. The van der Waals surface area contributed by atoms with E-state index in [0.29, 0.717) is 16.4 Å². The van der Waals surface area contributed by atoms with Crippen LogP contribution in [0.1, 0.15) is 16.1 Å². The van der Waals surface area contributed by atoms with Crippen LogP contribution in [0.2, 0.25) is 0 Å². The zero-order valence-electron chi connectivity index (χ0n) is 15.0. The minimum Gasteiger partial charge on any atom is -0.478 e. The van der Waals surface area contributed by atoms with E-state index in [9.17, 15) is 18.4 Å². The van der Waals surface area contributed by atoms with E-state index in [0.717, 1.165) is 30.0 Å². The molecule has 1 N–H and O–H groups in total. The maximum Gasteiger partial charge on any atom is 0.335 e. The summed E-state index contributed by atoms with van der Waals surface area (Å²) < 4.78 is 32.7. The summed E-state index contributed by atoms with van der Waals surface area (Å²) in [5.74, 6) is -2.34. The lowest BCUT2D eigenvalue weighted by molar-refractivity contribution is -0.113. The van der Waals surface area contributed by atoms with Crippen LogP contribution in [0.4, 0.5) is 14.5 Å². The summed E-state index contributed by atoms with van der Waals surface area (Å²) in [5.41, 5.74) is 0.774. The molecule has 0 atom stereocenters.